The van der Waals surface area contributed by atoms with Crippen LogP contribution in [0.2, 0.25) is 0 Å². The minimum Gasteiger partial charge on any atom is -0.508 e. The van der Waals surface area contributed by atoms with Crippen molar-refractivity contribution in [1.29, 1.82) is 0 Å². The molecule has 0 unspecified atom stereocenters. The van der Waals surface area contributed by atoms with Gasteiger partial charge in [-0.2, -0.15) is 0 Å². The Morgan fingerprint density at radius 2 is 2.00 bits per heavy atom. The maximum absolute atomic E-state index is 12.5. The van der Waals surface area contributed by atoms with Crippen LogP contribution >= 0.6 is 11.8 Å². The maximum atomic E-state index is 12.5. The van der Waals surface area contributed by atoms with Crippen molar-refractivity contribution in [2.75, 3.05) is 4.90 Å². The summed E-state index contributed by atoms with van der Waals surface area (Å²) in [6.07, 6.45) is 1.28. The molecule has 8 nitrogen and oxygen atoms in total. The minimum absolute atomic E-state index is 0.0142. The highest BCUT2D eigenvalue weighted by Crippen LogP contribution is 2.38. The van der Waals surface area contributed by atoms with Gasteiger partial charge in [0.15, 0.2) is 0 Å². The molecule has 128 valence electrons. The summed E-state index contributed by atoms with van der Waals surface area (Å²) in [5.41, 5.74) is 1.66. The van der Waals surface area contributed by atoms with E-state index in [4.69, 9.17) is 4.42 Å². The number of thioether (sulfide) groups is 1. The van der Waals surface area contributed by atoms with E-state index in [-0.39, 0.29) is 22.1 Å². The molecule has 0 bridgehead atoms. The van der Waals surface area contributed by atoms with E-state index < -0.39 is 22.0 Å². The fourth-order valence-electron chi connectivity index (χ4n) is 2.29. The number of aromatic hydroxyl groups is 1. The number of rotatable bonds is 3. The van der Waals surface area contributed by atoms with E-state index in [1.165, 1.54) is 18.2 Å². The van der Waals surface area contributed by atoms with Crippen molar-refractivity contribution < 1.29 is 24.0 Å². The van der Waals surface area contributed by atoms with Gasteiger partial charge in [-0.1, -0.05) is 0 Å². The first-order chi connectivity index (χ1) is 11.8. The zero-order chi connectivity index (χ0) is 18.3. The van der Waals surface area contributed by atoms with Crippen molar-refractivity contribution in [2.24, 2.45) is 0 Å². The number of nitro groups is 1. The first-order valence-corrected chi connectivity index (χ1v) is 7.92. The van der Waals surface area contributed by atoms with Crippen LogP contribution in [0.5, 0.6) is 5.75 Å². The highest BCUT2D eigenvalue weighted by Gasteiger charge is 2.37. The maximum Gasteiger partial charge on any atom is 0.433 e. The quantitative estimate of drug-likeness (QED) is 0.503. The molecule has 3 rings (SSSR count). The van der Waals surface area contributed by atoms with Gasteiger partial charge in [-0.25, -0.2) is 4.90 Å². The summed E-state index contributed by atoms with van der Waals surface area (Å²) in [7, 11) is 0. The Kier molecular flexibility index (Phi) is 4.09. The second kappa shape index (κ2) is 6.10. The standard InChI is InChI=1S/C16H12N2O6S/c1-8-5-10(6-12(19)9(8)2)17-15(20)13(25-16(17)21)7-11-3-4-14(24-11)18(22)23/h3-7,19H,1-2H3/b13-7-. The smallest absolute Gasteiger partial charge is 0.433 e. The van der Waals surface area contributed by atoms with E-state index in [2.05, 4.69) is 0 Å². The third kappa shape index (κ3) is 3.01. The number of carbonyl (C=O) groups excluding carboxylic acids is 2. The van der Waals surface area contributed by atoms with Crippen molar-refractivity contribution in [3.63, 3.8) is 0 Å². The van der Waals surface area contributed by atoms with Gasteiger partial charge in [0.25, 0.3) is 11.1 Å². The lowest BCUT2D eigenvalue weighted by atomic mass is 10.1. The number of anilines is 1. The molecule has 2 aromatic rings. The molecule has 1 aliphatic heterocycles. The zero-order valence-electron chi connectivity index (χ0n) is 13.2. The lowest BCUT2D eigenvalue weighted by Gasteiger charge is -2.15. The van der Waals surface area contributed by atoms with Gasteiger partial charge < -0.3 is 9.52 Å². The van der Waals surface area contributed by atoms with Gasteiger partial charge in [0.1, 0.15) is 16.4 Å². The van der Waals surface area contributed by atoms with Gasteiger partial charge in [-0.15, -0.1) is 0 Å². The van der Waals surface area contributed by atoms with Crippen molar-refractivity contribution in [3.05, 3.63) is 56.2 Å². The summed E-state index contributed by atoms with van der Waals surface area (Å²) < 4.78 is 4.97. The number of phenols is 1. The summed E-state index contributed by atoms with van der Waals surface area (Å²) in [5, 5.41) is 20.0. The fraction of sp³-hybridized carbons (Fsp3) is 0.125. The highest BCUT2D eigenvalue weighted by molar-refractivity contribution is 8.19. The molecule has 0 saturated carbocycles. The Hall–Kier alpha value is -3.07. The Morgan fingerprint density at radius 1 is 1.28 bits per heavy atom. The second-order valence-electron chi connectivity index (χ2n) is 5.36. The number of imide groups is 1. The highest BCUT2D eigenvalue weighted by atomic mass is 32.2. The number of furan rings is 1. The zero-order valence-corrected chi connectivity index (χ0v) is 14.0. The van der Waals surface area contributed by atoms with E-state index in [1.807, 2.05) is 0 Å². The number of aryl methyl sites for hydroxylation is 1. The summed E-state index contributed by atoms with van der Waals surface area (Å²) in [6.45, 7) is 3.49. The SMILES string of the molecule is Cc1cc(N2C(=O)S/C(=C\c3ccc([N+](=O)[O-])o3)C2=O)cc(O)c1C. The molecule has 1 saturated heterocycles. The van der Waals surface area contributed by atoms with Crippen LogP contribution in [0.25, 0.3) is 6.08 Å². The van der Waals surface area contributed by atoms with Crippen molar-refractivity contribution in [2.45, 2.75) is 13.8 Å². The number of amides is 2. The van der Waals surface area contributed by atoms with E-state index in [0.717, 1.165) is 16.5 Å². The van der Waals surface area contributed by atoms with E-state index in [0.29, 0.717) is 17.3 Å². The molecule has 1 aliphatic rings. The van der Waals surface area contributed by atoms with Crippen molar-refractivity contribution in [3.8, 4) is 5.75 Å². The van der Waals surface area contributed by atoms with Crippen LogP contribution < -0.4 is 4.90 Å². The van der Waals surface area contributed by atoms with Crippen LogP contribution in [-0.4, -0.2) is 21.2 Å². The fourth-order valence-corrected chi connectivity index (χ4v) is 3.11. The largest absolute Gasteiger partial charge is 0.508 e. The lowest BCUT2D eigenvalue weighted by molar-refractivity contribution is -0.402. The predicted molar refractivity (Wildman–Crippen MR) is 91.4 cm³/mol. The second-order valence-corrected chi connectivity index (χ2v) is 6.35. The third-order valence-electron chi connectivity index (χ3n) is 3.74. The van der Waals surface area contributed by atoms with Gasteiger partial charge in [0.2, 0.25) is 0 Å². The monoisotopic (exact) mass is 360 g/mol. The van der Waals surface area contributed by atoms with Crippen LogP contribution in [0.4, 0.5) is 16.4 Å². The van der Waals surface area contributed by atoms with Crippen LogP contribution in [0, 0.1) is 24.0 Å². The molecular formula is C16H12N2O6S. The number of hydrogen-bond acceptors (Lipinski definition) is 7. The molecule has 9 heteroatoms. The normalized spacial score (nSPS) is 16.1. The summed E-state index contributed by atoms with van der Waals surface area (Å²) in [6, 6.07) is 5.48. The first kappa shape index (κ1) is 16.8. The lowest BCUT2D eigenvalue weighted by Crippen LogP contribution is -2.27. The molecular weight excluding hydrogens is 348 g/mol. The molecule has 2 heterocycles. The van der Waals surface area contributed by atoms with Crippen molar-refractivity contribution >= 4 is 40.6 Å². The molecule has 1 fully saturated rings. The van der Waals surface area contributed by atoms with Crippen molar-refractivity contribution in [1.82, 2.24) is 0 Å². The van der Waals surface area contributed by atoms with Crippen LogP contribution in [0.15, 0.2) is 33.6 Å². The molecule has 2 amide bonds. The average molecular weight is 360 g/mol. The number of nitrogens with zero attached hydrogens (tertiary/aromatic N) is 2. The predicted octanol–water partition coefficient (Wildman–Crippen LogP) is 3.75. The average Bonchev–Trinajstić information content (AvgIpc) is 3.10. The number of benzene rings is 1. The minimum atomic E-state index is -0.694. The number of hydrogen-bond donors (Lipinski definition) is 1. The summed E-state index contributed by atoms with van der Waals surface area (Å²) in [5.74, 6) is -0.957. The first-order valence-electron chi connectivity index (χ1n) is 7.10. The molecule has 1 aromatic carbocycles. The van der Waals surface area contributed by atoms with Gasteiger partial charge in [0, 0.05) is 12.1 Å². The van der Waals surface area contributed by atoms with Gasteiger partial charge in [-0.3, -0.25) is 19.7 Å². The number of phenolic OH excluding ortho intramolecular Hbond substituents is 1. The summed E-state index contributed by atoms with van der Waals surface area (Å²) in [4.78, 5) is 35.7. The Bertz CT molecular complexity index is 923. The molecule has 0 atom stereocenters. The molecule has 0 radical (unpaired) electrons. The van der Waals surface area contributed by atoms with Crippen LogP contribution in [0.1, 0.15) is 16.9 Å². The van der Waals surface area contributed by atoms with Crippen LogP contribution in [-0.2, 0) is 4.79 Å². The third-order valence-corrected chi connectivity index (χ3v) is 4.61. The van der Waals surface area contributed by atoms with Gasteiger partial charge in [-0.05, 0) is 48.9 Å². The Morgan fingerprint density at radius 3 is 2.60 bits per heavy atom. The number of carbonyl (C=O) groups is 2. The van der Waals surface area contributed by atoms with Crippen LogP contribution in [0.3, 0.4) is 0 Å². The van der Waals surface area contributed by atoms with E-state index >= 15 is 0 Å². The van der Waals surface area contributed by atoms with E-state index in [1.54, 1.807) is 19.9 Å². The Balaban J connectivity index is 1.94. The Labute approximate surface area is 145 Å². The topological polar surface area (TPSA) is 114 Å². The summed E-state index contributed by atoms with van der Waals surface area (Å²) >= 11 is 0.692. The molecule has 0 aliphatic carbocycles. The molecule has 1 aromatic heterocycles. The van der Waals surface area contributed by atoms with Gasteiger partial charge >= 0.3 is 5.88 Å². The van der Waals surface area contributed by atoms with Gasteiger partial charge in [0.05, 0.1) is 16.7 Å². The molecule has 1 N–H and O–H groups in total. The van der Waals surface area contributed by atoms with E-state index in [9.17, 15) is 24.8 Å². The molecule has 25 heavy (non-hydrogen) atoms. The molecule has 0 spiro atoms.